The molecule has 1 aliphatic heterocycles. The maximum Gasteiger partial charge on any atom is 0.327 e. The highest BCUT2D eigenvalue weighted by Gasteiger charge is 2.40. The molecule has 1 aliphatic rings. The van der Waals surface area contributed by atoms with Crippen LogP contribution in [-0.2, 0) is 4.79 Å². The molecule has 0 aromatic rings. The minimum absolute atomic E-state index is 0.00139. The number of carboxylic acid groups (broad SMARTS) is 1. The molecule has 6 heteroatoms. The molecule has 0 spiro atoms. The van der Waals surface area contributed by atoms with Gasteiger partial charge in [0.15, 0.2) is 0 Å². The standard InChI is InChI=1S/C16H24O3S3/c1-5-11(2)8-9-16(4)13(6-7-15(18)19)12(3)14(17)10-20-22-21-16/h5-7,12-14,17H,1-2,8-10H2,3-4H3,(H,18,19). The molecule has 0 aromatic heterocycles. The van der Waals surface area contributed by atoms with Crippen molar-refractivity contribution in [3.05, 3.63) is 37.0 Å². The van der Waals surface area contributed by atoms with Gasteiger partial charge >= 0.3 is 5.97 Å². The molecule has 0 aliphatic carbocycles. The highest BCUT2D eigenvalue weighted by atomic mass is 33.5. The molecule has 2 N–H and O–H groups in total. The molecule has 0 saturated carbocycles. The van der Waals surface area contributed by atoms with E-state index in [1.807, 2.05) is 6.92 Å². The lowest BCUT2D eigenvalue weighted by Crippen LogP contribution is -2.40. The van der Waals surface area contributed by atoms with Crippen molar-refractivity contribution in [2.45, 2.75) is 37.5 Å². The monoisotopic (exact) mass is 360 g/mol. The molecule has 1 rings (SSSR count). The number of aliphatic hydroxyl groups is 1. The first-order chi connectivity index (χ1) is 10.3. The molecular formula is C16H24O3S3. The van der Waals surface area contributed by atoms with Crippen LogP contribution in [0.2, 0.25) is 0 Å². The van der Waals surface area contributed by atoms with Crippen LogP contribution in [0.25, 0.3) is 0 Å². The molecule has 22 heavy (non-hydrogen) atoms. The van der Waals surface area contributed by atoms with Crippen molar-refractivity contribution in [3.8, 4) is 0 Å². The van der Waals surface area contributed by atoms with E-state index < -0.39 is 12.1 Å². The topological polar surface area (TPSA) is 57.5 Å². The highest BCUT2D eigenvalue weighted by molar-refractivity contribution is 9.09. The van der Waals surface area contributed by atoms with Gasteiger partial charge in [-0.3, -0.25) is 0 Å². The van der Waals surface area contributed by atoms with E-state index in [0.717, 1.165) is 18.4 Å². The normalized spacial score (nSPS) is 33.1. The van der Waals surface area contributed by atoms with E-state index in [1.54, 1.807) is 43.6 Å². The van der Waals surface area contributed by atoms with Gasteiger partial charge in [0.25, 0.3) is 0 Å². The van der Waals surface area contributed by atoms with Gasteiger partial charge in [-0.05, 0) is 41.4 Å². The second-order valence-corrected chi connectivity index (χ2v) is 10.4. The average Bonchev–Trinajstić information content (AvgIpc) is 2.47. The largest absolute Gasteiger partial charge is 0.478 e. The van der Waals surface area contributed by atoms with E-state index in [2.05, 4.69) is 20.1 Å². The van der Waals surface area contributed by atoms with Gasteiger partial charge in [-0.25, -0.2) is 4.79 Å². The fraction of sp³-hybridized carbons (Fsp3) is 0.562. The summed E-state index contributed by atoms with van der Waals surface area (Å²) in [4.78, 5) is 10.9. The van der Waals surface area contributed by atoms with Crippen LogP contribution in [0.3, 0.4) is 0 Å². The van der Waals surface area contributed by atoms with Crippen molar-refractivity contribution in [1.29, 1.82) is 0 Å². The summed E-state index contributed by atoms with van der Waals surface area (Å²) in [5.74, 6) is -0.312. The summed E-state index contributed by atoms with van der Waals surface area (Å²) in [5.41, 5.74) is 0.982. The Bertz CT molecular complexity index is 450. The summed E-state index contributed by atoms with van der Waals surface area (Å²) in [6.45, 7) is 11.8. The molecular weight excluding hydrogens is 336 g/mol. The minimum atomic E-state index is -0.950. The third-order valence-corrected chi connectivity index (χ3v) is 9.09. The van der Waals surface area contributed by atoms with Crippen LogP contribution in [0.15, 0.2) is 37.0 Å². The predicted molar refractivity (Wildman–Crippen MR) is 100 cm³/mol. The SMILES string of the molecule is C=CC(=C)CCC1(C)SSSCC(O)C(C)C1C=CC(=O)O. The van der Waals surface area contributed by atoms with Crippen LogP contribution in [0, 0.1) is 11.8 Å². The summed E-state index contributed by atoms with van der Waals surface area (Å²) in [5, 5.41) is 19.3. The Morgan fingerprint density at radius 3 is 2.77 bits per heavy atom. The van der Waals surface area contributed by atoms with E-state index in [0.29, 0.717) is 5.75 Å². The van der Waals surface area contributed by atoms with Gasteiger partial charge in [0, 0.05) is 16.6 Å². The fourth-order valence-corrected chi connectivity index (χ4v) is 7.89. The Hall–Kier alpha value is -0.300. The summed E-state index contributed by atoms with van der Waals surface area (Å²) in [6.07, 6.45) is 5.95. The summed E-state index contributed by atoms with van der Waals surface area (Å²) in [7, 11) is 5.10. The summed E-state index contributed by atoms with van der Waals surface area (Å²) >= 11 is 0. The average molecular weight is 361 g/mol. The zero-order valence-electron chi connectivity index (χ0n) is 13.0. The van der Waals surface area contributed by atoms with Crippen molar-refractivity contribution in [3.63, 3.8) is 0 Å². The first-order valence-corrected chi connectivity index (χ1v) is 10.8. The quantitative estimate of drug-likeness (QED) is 0.411. The zero-order chi connectivity index (χ0) is 16.8. The first kappa shape index (κ1) is 19.7. The Labute approximate surface area is 144 Å². The lowest BCUT2D eigenvalue weighted by Gasteiger charge is -2.41. The number of allylic oxidation sites excluding steroid dienone is 3. The molecule has 1 saturated heterocycles. The van der Waals surface area contributed by atoms with Gasteiger partial charge in [-0.15, -0.1) is 0 Å². The number of aliphatic carboxylic acids is 1. The fourth-order valence-electron chi connectivity index (χ4n) is 2.49. The third kappa shape index (κ3) is 5.72. The van der Waals surface area contributed by atoms with Crippen LogP contribution in [-0.4, -0.2) is 32.8 Å². The molecule has 0 bridgehead atoms. The van der Waals surface area contributed by atoms with E-state index in [4.69, 9.17) is 5.11 Å². The molecule has 0 amide bonds. The number of rotatable bonds is 6. The molecule has 0 aromatic carbocycles. The number of aliphatic hydroxyl groups excluding tert-OH is 1. The number of hydrogen-bond acceptors (Lipinski definition) is 5. The highest BCUT2D eigenvalue weighted by Crippen LogP contribution is 2.54. The number of carbonyl (C=O) groups is 1. The predicted octanol–water partition coefficient (Wildman–Crippen LogP) is 4.56. The van der Waals surface area contributed by atoms with Crippen molar-refractivity contribution in [1.82, 2.24) is 0 Å². The van der Waals surface area contributed by atoms with Crippen LogP contribution < -0.4 is 0 Å². The zero-order valence-corrected chi connectivity index (χ0v) is 15.5. The second-order valence-electron chi connectivity index (χ2n) is 5.76. The van der Waals surface area contributed by atoms with Crippen molar-refractivity contribution < 1.29 is 15.0 Å². The maximum atomic E-state index is 10.9. The molecule has 3 nitrogen and oxygen atoms in total. The van der Waals surface area contributed by atoms with Crippen molar-refractivity contribution in [2.24, 2.45) is 11.8 Å². The first-order valence-electron chi connectivity index (χ1n) is 7.17. The van der Waals surface area contributed by atoms with E-state index in [9.17, 15) is 9.90 Å². The van der Waals surface area contributed by atoms with E-state index >= 15 is 0 Å². The Kier molecular flexibility index (Phi) is 8.17. The van der Waals surface area contributed by atoms with Gasteiger partial charge in [0.2, 0.25) is 0 Å². The Morgan fingerprint density at radius 1 is 1.50 bits per heavy atom. The van der Waals surface area contributed by atoms with Crippen LogP contribution in [0.4, 0.5) is 0 Å². The van der Waals surface area contributed by atoms with E-state index in [1.165, 1.54) is 6.08 Å². The van der Waals surface area contributed by atoms with Gasteiger partial charge < -0.3 is 10.2 Å². The summed E-state index contributed by atoms with van der Waals surface area (Å²) < 4.78 is -0.170. The van der Waals surface area contributed by atoms with Gasteiger partial charge in [0.1, 0.15) is 0 Å². The van der Waals surface area contributed by atoms with Crippen LogP contribution in [0.1, 0.15) is 26.7 Å². The maximum absolute atomic E-state index is 10.9. The van der Waals surface area contributed by atoms with Gasteiger partial charge in [0.05, 0.1) is 6.10 Å². The Balaban J connectivity index is 3.04. The van der Waals surface area contributed by atoms with Gasteiger partial charge in [-0.2, -0.15) is 0 Å². The molecule has 4 atom stereocenters. The number of hydrogen-bond donors (Lipinski definition) is 2. The smallest absolute Gasteiger partial charge is 0.327 e. The van der Waals surface area contributed by atoms with E-state index in [-0.39, 0.29) is 16.6 Å². The molecule has 0 radical (unpaired) electrons. The van der Waals surface area contributed by atoms with Crippen LogP contribution >= 0.6 is 31.4 Å². The van der Waals surface area contributed by atoms with Gasteiger partial charge in [-0.1, -0.05) is 59.4 Å². The summed E-state index contributed by atoms with van der Waals surface area (Å²) in [6, 6.07) is 0. The lowest BCUT2D eigenvalue weighted by molar-refractivity contribution is -0.131. The number of carboxylic acids is 1. The second kappa shape index (κ2) is 9.11. The lowest BCUT2D eigenvalue weighted by atomic mass is 9.77. The van der Waals surface area contributed by atoms with Crippen molar-refractivity contribution in [2.75, 3.05) is 5.75 Å². The third-order valence-electron chi connectivity index (χ3n) is 4.07. The molecule has 1 heterocycles. The Morgan fingerprint density at radius 2 is 2.18 bits per heavy atom. The van der Waals surface area contributed by atoms with Crippen molar-refractivity contribution >= 4 is 37.4 Å². The van der Waals surface area contributed by atoms with Crippen LogP contribution in [0.5, 0.6) is 0 Å². The molecule has 124 valence electrons. The molecule has 4 unspecified atom stereocenters. The minimum Gasteiger partial charge on any atom is -0.478 e. The molecule has 1 fully saturated rings.